The Morgan fingerprint density at radius 1 is 1.00 bits per heavy atom. The van der Waals surface area contributed by atoms with Crippen molar-refractivity contribution in [1.29, 1.82) is 0 Å². The fourth-order valence-electron chi connectivity index (χ4n) is 3.48. The molecular formula is C18H28N6O2. The molecule has 0 N–H and O–H groups in total. The summed E-state index contributed by atoms with van der Waals surface area (Å²) >= 11 is 0. The summed E-state index contributed by atoms with van der Waals surface area (Å²) < 4.78 is 4.45. The van der Waals surface area contributed by atoms with Gasteiger partial charge in [0.1, 0.15) is 0 Å². The maximum absolute atomic E-state index is 12.6. The minimum atomic E-state index is -0.363. The molecule has 0 unspecified atom stereocenters. The summed E-state index contributed by atoms with van der Waals surface area (Å²) in [4.78, 5) is 29.4. The Hall–Kier alpha value is -2.38. The Kier molecular flexibility index (Phi) is 5.29. The Morgan fingerprint density at radius 3 is 2.42 bits per heavy atom. The smallest absolute Gasteiger partial charge is 0.297 e. The van der Waals surface area contributed by atoms with Crippen molar-refractivity contribution in [3.8, 4) is 0 Å². The predicted molar refractivity (Wildman–Crippen MR) is 104 cm³/mol. The summed E-state index contributed by atoms with van der Waals surface area (Å²) in [6.07, 6.45) is 7.22. The average Bonchev–Trinajstić information content (AvgIpc) is 3.00. The second kappa shape index (κ2) is 7.47. The molecule has 3 heterocycles. The minimum Gasteiger partial charge on any atom is -0.297 e. The van der Waals surface area contributed by atoms with Crippen LogP contribution in [0.3, 0.4) is 0 Å². The second-order valence-corrected chi connectivity index (χ2v) is 7.10. The molecule has 0 amide bonds. The molecule has 2 aromatic rings. The highest BCUT2D eigenvalue weighted by Gasteiger charge is 2.25. The van der Waals surface area contributed by atoms with Gasteiger partial charge < -0.3 is 0 Å². The number of nitrogens with zero attached hydrogens (tertiary/aromatic N) is 6. The molecule has 0 fully saturated rings. The molecule has 0 aromatic carbocycles. The van der Waals surface area contributed by atoms with Gasteiger partial charge in [0.05, 0.1) is 12.3 Å². The van der Waals surface area contributed by atoms with Crippen molar-refractivity contribution in [1.82, 2.24) is 18.7 Å². The van der Waals surface area contributed by atoms with Crippen LogP contribution in [0.4, 0.5) is 5.95 Å². The fraction of sp³-hybridized carbons (Fsp3) is 0.667. The third-order valence-electron chi connectivity index (χ3n) is 4.96. The molecule has 0 aliphatic carbocycles. The number of hydrogen-bond acceptors (Lipinski definition) is 5. The first-order valence-electron chi connectivity index (χ1n) is 9.43. The summed E-state index contributed by atoms with van der Waals surface area (Å²) in [5, 5.41) is 6.50. The zero-order valence-electron chi connectivity index (χ0n) is 16.2. The van der Waals surface area contributed by atoms with E-state index < -0.39 is 0 Å². The summed E-state index contributed by atoms with van der Waals surface area (Å²) in [6.45, 7) is 5.45. The van der Waals surface area contributed by atoms with Crippen molar-refractivity contribution in [2.45, 2.75) is 58.9 Å². The topological polar surface area (TPSA) is 77.4 Å². The lowest BCUT2D eigenvalue weighted by Gasteiger charge is -2.24. The monoisotopic (exact) mass is 360 g/mol. The summed E-state index contributed by atoms with van der Waals surface area (Å²) in [5.41, 5.74) is 1.14. The van der Waals surface area contributed by atoms with Gasteiger partial charge in [0, 0.05) is 20.6 Å². The van der Waals surface area contributed by atoms with E-state index in [0.29, 0.717) is 23.7 Å². The third kappa shape index (κ3) is 3.20. The molecule has 142 valence electrons. The molecule has 8 nitrogen and oxygen atoms in total. The zero-order valence-corrected chi connectivity index (χ0v) is 16.2. The van der Waals surface area contributed by atoms with E-state index in [1.165, 1.54) is 37.3 Å². The summed E-state index contributed by atoms with van der Waals surface area (Å²) in [7, 11) is 3.15. The van der Waals surface area contributed by atoms with Gasteiger partial charge in [-0.25, -0.2) is 9.80 Å². The van der Waals surface area contributed by atoms with Gasteiger partial charge in [0.15, 0.2) is 11.2 Å². The van der Waals surface area contributed by atoms with Crippen molar-refractivity contribution in [3.05, 3.63) is 20.8 Å². The van der Waals surface area contributed by atoms with Gasteiger partial charge in [-0.05, 0) is 13.3 Å². The molecule has 8 heteroatoms. The Morgan fingerprint density at radius 2 is 1.69 bits per heavy atom. The van der Waals surface area contributed by atoms with E-state index in [1.54, 1.807) is 7.05 Å². The molecule has 0 atom stereocenters. The predicted octanol–water partition coefficient (Wildman–Crippen LogP) is 1.99. The van der Waals surface area contributed by atoms with E-state index in [-0.39, 0.29) is 11.2 Å². The van der Waals surface area contributed by atoms with Crippen molar-refractivity contribution >= 4 is 22.8 Å². The SMILES string of the molecule is CCCCCCCCN1N=C(C)Cn2c1nc1c2c(=O)n(C)c(=O)n1C. The highest BCUT2D eigenvalue weighted by molar-refractivity contribution is 5.87. The second-order valence-electron chi connectivity index (χ2n) is 7.10. The van der Waals surface area contributed by atoms with Crippen LogP contribution in [0.15, 0.2) is 14.7 Å². The van der Waals surface area contributed by atoms with E-state index in [9.17, 15) is 9.59 Å². The molecule has 0 saturated carbocycles. The van der Waals surface area contributed by atoms with Crippen molar-refractivity contribution in [2.75, 3.05) is 11.6 Å². The van der Waals surface area contributed by atoms with Gasteiger partial charge in [0.2, 0.25) is 5.95 Å². The van der Waals surface area contributed by atoms with Gasteiger partial charge in [0.25, 0.3) is 5.56 Å². The first-order chi connectivity index (χ1) is 12.5. The maximum Gasteiger partial charge on any atom is 0.332 e. The van der Waals surface area contributed by atoms with Gasteiger partial charge >= 0.3 is 5.69 Å². The number of hydrogen-bond donors (Lipinski definition) is 0. The first kappa shape index (κ1) is 18.4. The van der Waals surface area contributed by atoms with Gasteiger partial charge in [-0.3, -0.25) is 18.5 Å². The van der Waals surface area contributed by atoms with Crippen LogP contribution in [0.2, 0.25) is 0 Å². The van der Waals surface area contributed by atoms with Crippen LogP contribution in [-0.2, 0) is 20.6 Å². The van der Waals surface area contributed by atoms with E-state index in [0.717, 1.165) is 29.7 Å². The molecular weight excluding hydrogens is 332 g/mol. The number of imidazole rings is 1. The Bertz CT molecular complexity index is 949. The highest BCUT2D eigenvalue weighted by Crippen LogP contribution is 2.24. The minimum absolute atomic E-state index is 0.309. The number of hydrazone groups is 1. The van der Waals surface area contributed by atoms with E-state index >= 15 is 0 Å². The van der Waals surface area contributed by atoms with Crippen LogP contribution in [0.5, 0.6) is 0 Å². The molecule has 1 aliphatic heterocycles. The lowest BCUT2D eigenvalue weighted by atomic mass is 10.1. The van der Waals surface area contributed by atoms with Crippen LogP contribution in [-0.4, -0.2) is 30.9 Å². The number of aromatic nitrogens is 4. The molecule has 0 radical (unpaired) electrons. The Balaban J connectivity index is 1.91. The van der Waals surface area contributed by atoms with Crippen molar-refractivity contribution in [3.63, 3.8) is 0 Å². The van der Waals surface area contributed by atoms with Crippen molar-refractivity contribution < 1.29 is 0 Å². The zero-order chi connectivity index (χ0) is 18.8. The molecule has 0 bridgehead atoms. The van der Waals surface area contributed by atoms with Crippen molar-refractivity contribution in [2.24, 2.45) is 19.2 Å². The van der Waals surface area contributed by atoms with Crippen LogP contribution in [0, 0.1) is 0 Å². The average molecular weight is 360 g/mol. The van der Waals surface area contributed by atoms with E-state index in [2.05, 4.69) is 17.0 Å². The molecule has 26 heavy (non-hydrogen) atoms. The summed E-state index contributed by atoms with van der Waals surface area (Å²) in [5.74, 6) is 0.650. The summed E-state index contributed by atoms with van der Waals surface area (Å²) in [6, 6.07) is 0. The quantitative estimate of drug-likeness (QED) is 0.708. The lowest BCUT2D eigenvalue weighted by molar-refractivity contribution is 0.592. The Labute approximate surface area is 152 Å². The number of fused-ring (bicyclic) bond motifs is 3. The van der Waals surface area contributed by atoms with Gasteiger partial charge in [-0.1, -0.05) is 39.0 Å². The molecule has 0 saturated heterocycles. The molecule has 2 aromatic heterocycles. The number of unbranched alkanes of at least 4 members (excludes halogenated alkanes) is 5. The van der Waals surface area contributed by atoms with Crippen LogP contribution in [0.1, 0.15) is 52.4 Å². The van der Waals surface area contributed by atoms with Crippen LogP contribution < -0.4 is 16.3 Å². The van der Waals surface area contributed by atoms with E-state index in [4.69, 9.17) is 0 Å². The first-order valence-corrected chi connectivity index (χ1v) is 9.43. The van der Waals surface area contributed by atoms with Gasteiger partial charge in [-0.2, -0.15) is 10.1 Å². The number of anilines is 1. The largest absolute Gasteiger partial charge is 0.332 e. The number of aryl methyl sites for hydroxylation is 1. The highest BCUT2D eigenvalue weighted by atomic mass is 16.2. The van der Waals surface area contributed by atoms with E-state index in [1.807, 2.05) is 16.5 Å². The van der Waals surface area contributed by atoms with Crippen LogP contribution >= 0.6 is 0 Å². The fourth-order valence-corrected chi connectivity index (χ4v) is 3.48. The standard InChI is InChI=1S/C18H28N6O2/c1-5-6-7-8-9-10-11-24-17-19-15-14(23(17)12-13(2)20-24)16(25)22(4)18(26)21(15)3/h5-12H2,1-4H3. The maximum atomic E-state index is 12.6. The van der Waals surface area contributed by atoms with Gasteiger partial charge in [-0.15, -0.1) is 0 Å². The molecule has 0 spiro atoms. The normalized spacial score (nSPS) is 14.0. The lowest BCUT2D eigenvalue weighted by Crippen LogP contribution is -2.38. The molecule has 3 rings (SSSR count). The third-order valence-corrected chi connectivity index (χ3v) is 4.96. The molecule has 1 aliphatic rings. The van der Waals surface area contributed by atoms with Crippen LogP contribution in [0.25, 0.3) is 11.2 Å². The number of rotatable bonds is 7.